The van der Waals surface area contributed by atoms with Crippen molar-refractivity contribution < 1.29 is 19.1 Å². The van der Waals surface area contributed by atoms with Crippen molar-refractivity contribution in [3.05, 3.63) is 83.7 Å². The number of methoxy groups -OCH3 is 1. The molecule has 0 bridgehead atoms. The number of anilines is 1. The van der Waals surface area contributed by atoms with Crippen molar-refractivity contribution in [2.45, 2.75) is 13.0 Å². The second-order valence-electron chi connectivity index (χ2n) is 5.97. The molecule has 3 rings (SSSR count). The van der Waals surface area contributed by atoms with E-state index < -0.39 is 18.0 Å². The van der Waals surface area contributed by atoms with E-state index in [0.29, 0.717) is 17.0 Å². The van der Waals surface area contributed by atoms with Crippen LogP contribution in [0.1, 0.15) is 27.7 Å². The van der Waals surface area contributed by atoms with Crippen LogP contribution in [-0.2, 0) is 9.53 Å². The summed E-state index contributed by atoms with van der Waals surface area (Å²) in [5.74, 6) is -0.554. The van der Waals surface area contributed by atoms with Crippen molar-refractivity contribution in [3.8, 4) is 5.75 Å². The average Bonchev–Trinajstić information content (AvgIpc) is 3.21. The fraction of sp³-hybridized carbons (Fsp3) is 0.143. The molecular formula is C21H20N2O4. The van der Waals surface area contributed by atoms with Crippen molar-refractivity contribution >= 4 is 17.6 Å². The summed E-state index contributed by atoms with van der Waals surface area (Å²) in [5, 5.41) is 2.80. The minimum atomic E-state index is -1.10. The highest BCUT2D eigenvalue weighted by atomic mass is 16.5. The lowest BCUT2D eigenvalue weighted by molar-refractivity contribution is -0.125. The molecule has 0 aliphatic heterocycles. The summed E-state index contributed by atoms with van der Waals surface area (Å²) in [6.45, 7) is 1.91. The Hall–Kier alpha value is -3.54. The van der Waals surface area contributed by atoms with E-state index in [9.17, 15) is 9.59 Å². The SMILES string of the molecule is COc1ccc(C)cc1NC(=O)[C@@H](OC(=O)c1ccc[nH]1)c1ccccc1. The summed E-state index contributed by atoms with van der Waals surface area (Å²) in [6.07, 6.45) is 0.512. The Kier molecular flexibility index (Phi) is 5.56. The summed E-state index contributed by atoms with van der Waals surface area (Å²) in [6, 6.07) is 17.6. The van der Waals surface area contributed by atoms with Crippen LogP contribution in [0.4, 0.5) is 5.69 Å². The molecule has 3 aromatic rings. The van der Waals surface area contributed by atoms with Crippen LogP contribution in [0.15, 0.2) is 66.9 Å². The van der Waals surface area contributed by atoms with Gasteiger partial charge in [-0.2, -0.15) is 0 Å². The summed E-state index contributed by atoms with van der Waals surface area (Å²) in [5.41, 5.74) is 2.32. The first-order valence-electron chi connectivity index (χ1n) is 8.43. The molecule has 1 atom stereocenters. The van der Waals surface area contributed by atoms with Gasteiger partial charge in [-0.3, -0.25) is 4.79 Å². The molecule has 1 aromatic heterocycles. The number of rotatable bonds is 6. The number of hydrogen-bond acceptors (Lipinski definition) is 4. The number of aryl methyl sites for hydroxylation is 1. The van der Waals surface area contributed by atoms with Crippen LogP contribution < -0.4 is 10.1 Å². The van der Waals surface area contributed by atoms with Crippen LogP contribution >= 0.6 is 0 Å². The Balaban J connectivity index is 1.87. The maximum absolute atomic E-state index is 12.9. The third-order valence-corrected chi connectivity index (χ3v) is 4.00. The largest absolute Gasteiger partial charge is 0.495 e. The summed E-state index contributed by atoms with van der Waals surface area (Å²) >= 11 is 0. The van der Waals surface area contributed by atoms with Crippen LogP contribution in [0.5, 0.6) is 5.75 Å². The van der Waals surface area contributed by atoms with Gasteiger partial charge in [0.1, 0.15) is 11.4 Å². The highest BCUT2D eigenvalue weighted by molar-refractivity contribution is 5.98. The molecule has 6 nitrogen and oxygen atoms in total. The lowest BCUT2D eigenvalue weighted by atomic mass is 10.1. The zero-order chi connectivity index (χ0) is 19.2. The van der Waals surface area contributed by atoms with Gasteiger partial charge >= 0.3 is 5.97 Å². The lowest BCUT2D eigenvalue weighted by Gasteiger charge is -2.19. The number of ether oxygens (including phenoxy) is 2. The Morgan fingerprint density at radius 1 is 1.04 bits per heavy atom. The summed E-state index contributed by atoms with van der Waals surface area (Å²) in [7, 11) is 1.53. The normalized spacial score (nSPS) is 11.5. The van der Waals surface area contributed by atoms with E-state index in [1.54, 1.807) is 54.7 Å². The topological polar surface area (TPSA) is 80.4 Å². The molecule has 0 saturated carbocycles. The van der Waals surface area contributed by atoms with E-state index in [-0.39, 0.29) is 5.69 Å². The number of carbonyl (C=O) groups excluding carboxylic acids is 2. The van der Waals surface area contributed by atoms with E-state index in [1.807, 2.05) is 19.1 Å². The Morgan fingerprint density at radius 3 is 2.48 bits per heavy atom. The first-order valence-corrected chi connectivity index (χ1v) is 8.43. The molecule has 0 radical (unpaired) electrons. The molecule has 138 valence electrons. The lowest BCUT2D eigenvalue weighted by Crippen LogP contribution is -2.26. The molecule has 0 spiro atoms. The predicted molar refractivity (Wildman–Crippen MR) is 102 cm³/mol. The van der Waals surface area contributed by atoms with Gasteiger partial charge in [-0.1, -0.05) is 36.4 Å². The van der Waals surface area contributed by atoms with Crippen molar-refractivity contribution in [2.24, 2.45) is 0 Å². The third-order valence-electron chi connectivity index (χ3n) is 4.00. The molecule has 1 amide bonds. The molecular weight excluding hydrogens is 344 g/mol. The van der Waals surface area contributed by atoms with Gasteiger partial charge in [0.05, 0.1) is 12.8 Å². The van der Waals surface area contributed by atoms with Gasteiger partial charge in [-0.25, -0.2) is 4.79 Å². The average molecular weight is 364 g/mol. The zero-order valence-electron chi connectivity index (χ0n) is 15.1. The molecule has 1 heterocycles. The number of benzene rings is 2. The van der Waals surface area contributed by atoms with Crippen molar-refractivity contribution in [1.82, 2.24) is 4.98 Å². The third kappa shape index (κ3) is 4.36. The van der Waals surface area contributed by atoms with Crippen molar-refractivity contribution in [1.29, 1.82) is 0 Å². The first kappa shape index (κ1) is 18.3. The maximum Gasteiger partial charge on any atom is 0.355 e. The smallest absolute Gasteiger partial charge is 0.355 e. The first-order chi connectivity index (χ1) is 13.1. The van der Waals surface area contributed by atoms with Gasteiger partial charge in [-0.15, -0.1) is 0 Å². The summed E-state index contributed by atoms with van der Waals surface area (Å²) < 4.78 is 10.8. The van der Waals surface area contributed by atoms with Crippen LogP contribution in [-0.4, -0.2) is 24.0 Å². The number of hydrogen-bond donors (Lipinski definition) is 2. The fourth-order valence-electron chi connectivity index (χ4n) is 2.65. The van der Waals surface area contributed by atoms with Crippen LogP contribution in [0.25, 0.3) is 0 Å². The van der Waals surface area contributed by atoms with Crippen molar-refractivity contribution in [2.75, 3.05) is 12.4 Å². The van der Waals surface area contributed by atoms with Gasteiger partial charge in [-0.05, 0) is 36.8 Å². The molecule has 2 aromatic carbocycles. The van der Waals surface area contributed by atoms with Gasteiger partial charge < -0.3 is 19.8 Å². The molecule has 0 aliphatic carbocycles. The van der Waals surface area contributed by atoms with Crippen LogP contribution in [0.2, 0.25) is 0 Å². The number of nitrogens with one attached hydrogen (secondary N) is 2. The minimum Gasteiger partial charge on any atom is -0.495 e. The molecule has 0 fully saturated rings. The predicted octanol–water partition coefficient (Wildman–Crippen LogP) is 3.87. The standard InChI is InChI=1S/C21H20N2O4/c1-14-10-11-18(26-2)17(13-14)23-20(24)19(15-7-4-3-5-8-15)27-21(25)16-9-6-12-22-16/h3-13,19,22H,1-2H3,(H,23,24)/t19-/m0/s1. The van der Waals surface area contributed by atoms with Crippen molar-refractivity contribution in [3.63, 3.8) is 0 Å². The molecule has 0 saturated heterocycles. The molecule has 27 heavy (non-hydrogen) atoms. The van der Waals surface area contributed by atoms with Crippen LogP contribution in [0, 0.1) is 6.92 Å². The van der Waals surface area contributed by atoms with E-state index in [0.717, 1.165) is 5.56 Å². The quantitative estimate of drug-likeness (QED) is 0.651. The number of H-pyrrole nitrogens is 1. The highest BCUT2D eigenvalue weighted by Gasteiger charge is 2.26. The minimum absolute atomic E-state index is 0.275. The Labute approximate surface area is 157 Å². The fourth-order valence-corrected chi connectivity index (χ4v) is 2.65. The second kappa shape index (κ2) is 8.23. The van der Waals surface area contributed by atoms with Gasteiger partial charge in [0.25, 0.3) is 5.91 Å². The molecule has 0 unspecified atom stereocenters. The number of carbonyl (C=O) groups is 2. The van der Waals surface area contributed by atoms with E-state index in [4.69, 9.17) is 9.47 Å². The molecule has 6 heteroatoms. The van der Waals surface area contributed by atoms with E-state index in [2.05, 4.69) is 10.3 Å². The van der Waals surface area contributed by atoms with Gasteiger partial charge in [0, 0.05) is 11.8 Å². The Bertz CT molecular complexity index is 921. The monoisotopic (exact) mass is 364 g/mol. The Morgan fingerprint density at radius 2 is 1.81 bits per heavy atom. The molecule has 2 N–H and O–H groups in total. The van der Waals surface area contributed by atoms with E-state index >= 15 is 0 Å². The number of esters is 1. The number of aromatic nitrogens is 1. The van der Waals surface area contributed by atoms with Gasteiger partial charge in [0.2, 0.25) is 6.10 Å². The number of amides is 1. The summed E-state index contributed by atoms with van der Waals surface area (Å²) in [4.78, 5) is 28.1. The zero-order valence-corrected chi connectivity index (χ0v) is 15.1. The van der Waals surface area contributed by atoms with E-state index in [1.165, 1.54) is 7.11 Å². The molecule has 0 aliphatic rings. The highest BCUT2D eigenvalue weighted by Crippen LogP contribution is 2.28. The number of aromatic amines is 1. The van der Waals surface area contributed by atoms with Crippen LogP contribution in [0.3, 0.4) is 0 Å². The second-order valence-corrected chi connectivity index (χ2v) is 5.97. The van der Waals surface area contributed by atoms with Gasteiger partial charge in [0.15, 0.2) is 0 Å². The maximum atomic E-state index is 12.9.